The normalized spacial score (nSPS) is 14.1. The Morgan fingerprint density at radius 1 is 1.27 bits per heavy atom. The predicted octanol–water partition coefficient (Wildman–Crippen LogP) is 2.74. The standard InChI is InChI=1S/C20H20FN5O4/c21-14-2-4-15-17(12-14)24-19(23-15)5-6-22-16-3-1-13(11-18(16)26(28)29)20(27)25-7-9-30-10-8-25/h1-4,11-12,22H,5-10H2,(H,23,24). The minimum absolute atomic E-state index is 0.166. The number of hydrogen-bond acceptors (Lipinski definition) is 6. The van der Waals surface area contributed by atoms with E-state index < -0.39 is 4.92 Å². The van der Waals surface area contributed by atoms with Crippen molar-refractivity contribution in [3.8, 4) is 0 Å². The zero-order valence-corrected chi connectivity index (χ0v) is 16.1. The van der Waals surface area contributed by atoms with E-state index in [9.17, 15) is 19.3 Å². The number of nitro benzene ring substituents is 1. The molecule has 4 rings (SSSR count). The van der Waals surface area contributed by atoms with E-state index in [1.54, 1.807) is 23.1 Å². The number of nitro groups is 1. The molecule has 0 atom stereocenters. The van der Waals surface area contributed by atoms with Gasteiger partial charge in [-0.3, -0.25) is 14.9 Å². The van der Waals surface area contributed by atoms with Crippen LogP contribution in [-0.2, 0) is 11.2 Å². The van der Waals surface area contributed by atoms with Gasteiger partial charge in [0.25, 0.3) is 11.6 Å². The molecule has 1 aromatic heterocycles. The summed E-state index contributed by atoms with van der Waals surface area (Å²) in [4.78, 5) is 32.6. The Bertz CT molecular complexity index is 1090. The molecule has 1 aliphatic heterocycles. The van der Waals surface area contributed by atoms with Gasteiger partial charge in [-0.2, -0.15) is 0 Å². The summed E-state index contributed by atoms with van der Waals surface area (Å²) in [6.45, 7) is 2.23. The molecule has 156 valence electrons. The number of ether oxygens (including phenoxy) is 1. The Labute approximate surface area is 171 Å². The Morgan fingerprint density at radius 3 is 2.83 bits per heavy atom. The molecule has 1 fully saturated rings. The van der Waals surface area contributed by atoms with Crippen LogP contribution in [0.1, 0.15) is 16.2 Å². The van der Waals surface area contributed by atoms with Crippen LogP contribution in [0.15, 0.2) is 36.4 Å². The number of H-pyrrole nitrogens is 1. The molecule has 3 aromatic rings. The third-order valence-corrected chi connectivity index (χ3v) is 4.91. The monoisotopic (exact) mass is 413 g/mol. The van der Waals surface area contributed by atoms with Crippen LogP contribution in [0.4, 0.5) is 15.8 Å². The lowest BCUT2D eigenvalue weighted by Gasteiger charge is -2.26. The highest BCUT2D eigenvalue weighted by Crippen LogP contribution is 2.26. The van der Waals surface area contributed by atoms with Gasteiger partial charge in [0.1, 0.15) is 17.3 Å². The van der Waals surface area contributed by atoms with Gasteiger partial charge < -0.3 is 19.9 Å². The fourth-order valence-corrected chi connectivity index (χ4v) is 3.38. The number of hydrogen-bond donors (Lipinski definition) is 2. The fraction of sp³-hybridized carbons (Fsp3) is 0.300. The van der Waals surface area contributed by atoms with Gasteiger partial charge in [0, 0.05) is 37.7 Å². The molecule has 0 saturated carbocycles. The van der Waals surface area contributed by atoms with E-state index in [-0.39, 0.29) is 23.0 Å². The molecule has 1 saturated heterocycles. The van der Waals surface area contributed by atoms with E-state index in [1.807, 2.05) is 0 Å². The maximum Gasteiger partial charge on any atom is 0.293 e. The molecule has 1 amide bonds. The number of imidazole rings is 1. The summed E-state index contributed by atoms with van der Waals surface area (Å²) in [6, 6.07) is 8.72. The Balaban J connectivity index is 1.45. The molecular formula is C20H20FN5O4. The molecule has 2 aromatic carbocycles. The predicted molar refractivity (Wildman–Crippen MR) is 108 cm³/mol. The van der Waals surface area contributed by atoms with Crippen LogP contribution in [0.5, 0.6) is 0 Å². The molecule has 10 heteroatoms. The molecule has 30 heavy (non-hydrogen) atoms. The van der Waals surface area contributed by atoms with Crippen molar-refractivity contribution in [2.45, 2.75) is 6.42 Å². The van der Waals surface area contributed by atoms with Gasteiger partial charge in [-0.1, -0.05) is 0 Å². The van der Waals surface area contributed by atoms with Crippen molar-refractivity contribution in [2.24, 2.45) is 0 Å². The number of carbonyl (C=O) groups excluding carboxylic acids is 1. The summed E-state index contributed by atoms with van der Waals surface area (Å²) in [7, 11) is 0. The maximum atomic E-state index is 13.3. The van der Waals surface area contributed by atoms with Gasteiger partial charge in [0.2, 0.25) is 0 Å². The number of aromatic nitrogens is 2. The number of fused-ring (bicyclic) bond motifs is 1. The molecule has 2 N–H and O–H groups in total. The average molecular weight is 413 g/mol. The molecule has 2 heterocycles. The van der Waals surface area contributed by atoms with Gasteiger partial charge in [-0.15, -0.1) is 0 Å². The van der Waals surface area contributed by atoms with Gasteiger partial charge in [0.15, 0.2) is 0 Å². The van der Waals surface area contributed by atoms with Gasteiger partial charge in [-0.25, -0.2) is 9.37 Å². The van der Waals surface area contributed by atoms with Crippen LogP contribution in [-0.4, -0.2) is 58.5 Å². The van der Waals surface area contributed by atoms with E-state index in [4.69, 9.17) is 4.74 Å². The second-order valence-corrected chi connectivity index (χ2v) is 6.92. The summed E-state index contributed by atoms with van der Waals surface area (Å²) >= 11 is 0. The first-order valence-corrected chi connectivity index (χ1v) is 9.55. The van der Waals surface area contributed by atoms with E-state index in [2.05, 4.69) is 15.3 Å². The minimum atomic E-state index is -0.512. The van der Waals surface area contributed by atoms with E-state index in [0.29, 0.717) is 61.8 Å². The van der Waals surface area contributed by atoms with E-state index in [0.717, 1.165) is 0 Å². The topological polar surface area (TPSA) is 113 Å². The summed E-state index contributed by atoms with van der Waals surface area (Å²) in [5, 5.41) is 14.5. The van der Waals surface area contributed by atoms with Crippen molar-refractivity contribution >= 4 is 28.3 Å². The first-order chi connectivity index (χ1) is 14.5. The smallest absolute Gasteiger partial charge is 0.293 e. The number of nitrogens with one attached hydrogen (secondary N) is 2. The molecule has 0 aliphatic carbocycles. The van der Waals surface area contributed by atoms with Crippen LogP contribution < -0.4 is 5.32 Å². The van der Waals surface area contributed by atoms with Crippen LogP contribution in [0.3, 0.4) is 0 Å². The highest BCUT2D eigenvalue weighted by molar-refractivity contribution is 5.95. The minimum Gasteiger partial charge on any atom is -0.379 e. The zero-order chi connectivity index (χ0) is 21.1. The first-order valence-electron chi connectivity index (χ1n) is 9.55. The van der Waals surface area contributed by atoms with Crippen LogP contribution >= 0.6 is 0 Å². The number of carbonyl (C=O) groups is 1. The van der Waals surface area contributed by atoms with Gasteiger partial charge in [0.05, 0.1) is 29.2 Å². The van der Waals surface area contributed by atoms with Crippen molar-refractivity contribution < 1.29 is 18.8 Å². The number of anilines is 1. The summed E-state index contributed by atoms with van der Waals surface area (Å²) < 4.78 is 18.5. The van der Waals surface area contributed by atoms with Crippen LogP contribution in [0.25, 0.3) is 11.0 Å². The summed E-state index contributed by atoms with van der Waals surface area (Å²) in [5.41, 5.74) is 1.68. The molecule has 0 bridgehead atoms. The van der Waals surface area contributed by atoms with Gasteiger partial charge >= 0.3 is 0 Å². The summed E-state index contributed by atoms with van der Waals surface area (Å²) in [6.07, 6.45) is 0.460. The highest BCUT2D eigenvalue weighted by Gasteiger charge is 2.22. The fourth-order valence-electron chi connectivity index (χ4n) is 3.38. The number of benzene rings is 2. The summed E-state index contributed by atoms with van der Waals surface area (Å²) in [5.74, 6) is 0.0468. The largest absolute Gasteiger partial charge is 0.379 e. The molecule has 9 nitrogen and oxygen atoms in total. The van der Waals surface area contributed by atoms with Crippen LogP contribution in [0, 0.1) is 15.9 Å². The lowest BCUT2D eigenvalue weighted by atomic mass is 10.1. The molecule has 0 unspecified atom stereocenters. The molecule has 0 radical (unpaired) electrons. The third kappa shape index (κ3) is 4.23. The van der Waals surface area contributed by atoms with Crippen molar-refractivity contribution in [2.75, 3.05) is 38.2 Å². The number of aromatic amines is 1. The first kappa shape index (κ1) is 19.8. The molecule has 0 spiro atoms. The van der Waals surface area contributed by atoms with Gasteiger partial charge in [-0.05, 0) is 30.3 Å². The number of amides is 1. The van der Waals surface area contributed by atoms with Crippen molar-refractivity contribution in [3.63, 3.8) is 0 Å². The number of nitrogens with zero attached hydrogens (tertiary/aromatic N) is 3. The molecular weight excluding hydrogens is 393 g/mol. The quantitative estimate of drug-likeness (QED) is 0.475. The van der Waals surface area contributed by atoms with Crippen molar-refractivity contribution in [3.05, 3.63) is 63.7 Å². The number of morpholine rings is 1. The highest BCUT2D eigenvalue weighted by atomic mass is 19.1. The maximum absolute atomic E-state index is 13.3. The SMILES string of the molecule is O=C(c1ccc(NCCc2nc3ccc(F)cc3[nH]2)c([N+](=O)[O-])c1)N1CCOCC1. The number of rotatable bonds is 6. The lowest BCUT2D eigenvalue weighted by Crippen LogP contribution is -2.40. The lowest BCUT2D eigenvalue weighted by molar-refractivity contribution is -0.384. The average Bonchev–Trinajstić information content (AvgIpc) is 3.15. The Kier molecular flexibility index (Phi) is 5.57. The van der Waals surface area contributed by atoms with Crippen LogP contribution in [0.2, 0.25) is 0 Å². The van der Waals surface area contributed by atoms with E-state index in [1.165, 1.54) is 18.2 Å². The Morgan fingerprint density at radius 2 is 2.07 bits per heavy atom. The number of halogens is 1. The van der Waals surface area contributed by atoms with Crippen molar-refractivity contribution in [1.82, 2.24) is 14.9 Å². The Hall–Kier alpha value is -3.53. The van der Waals surface area contributed by atoms with E-state index >= 15 is 0 Å². The third-order valence-electron chi connectivity index (χ3n) is 4.91. The second-order valence-electron chi connectivity index (χ2n) is 6.92. The zero-order valence-electron chi connectivity index (χ0n) is 16.1. The second kappa shape index (κ2) is 8.46. The van der Waals surface area contributed by atoms with Crippen molar-refractivity contribution in [1.29, 1.82) is 0 Å². The molecule has 1 aliphatic rings.